The number of ether oxygens (including phenoxy) is 1. The van der Waals surface area contributed by atoms with Crippen molar-refractivity contribution in [1.29, 1.82) is 0 Å². The van der Waals surface area contributed by atoms with Gasteiger partial charge in [-0.05, 0) is 36.9 Å². The molecular formula is C16H22ClN3O5. The number of halogens is 1. The highest BCUT2D eigenvalue weighted by molar-refractivity contribution is 6.20. The van der Waals surface area contributed by atoms with Crippen molar-refractivity contribution in [3.8, 4) is 5.75 Å². The first-order valence-corrected chi connectivity index (χ1v) is 8.51. The smallest absolute Gasteiger partial charge is 0.407 e. The van der Waals surface area contributed by atoms with Gasteiger partial charge >= 0.3 is 11.8 Å². The van der Waals surface area contributed by atoms with Crippen molar-refractivity contribution in [2.75, 3.05) is 26.7 Å². The van der Waals surface area contributed by atoms with E-state index in [-0.39, 0.29) is 16.9 Å². The first-order valence-electron chi connectivity index (χ1n) is 8.07. The number of nitro benzene ring substituents is 1. The predicted octanol–water partition coefficient (Wildman–Crippen LogP) is 2.69. The van der Waals surface area contributed by atoms with E-state index in [4.69, 9.17) is 21.4 Å². The average Bonchev–Trinajstić information content (AvgIpc) is 2.60. The number of nitrogens with one attached hydrogen (secondary N) is 1. The van der Waals surface area contributed by atoms with Gasteiger partial charge < -0.3 is 20.1 Å². The summed E-state index contributed by atoms with van der Waals surface area (Å²) in [5.74, 6) is 0.607. The van der Waals surface area contributed by atoms with Crippen LogP contribution in [-0.2, 0) is 6.42 Å². The summed E-state index contributed by atoms with van der Waals surface area (Å²) >= 11 is 6.32. The van der Waals surface area contributed by atoms with Gasteiger partial charge in [-0.3, -0.25) is 10.1 Å². The zero-order valence-corrected chi connectivity index (χ0v) is 14.7. The van der Waals surface area contributed by atoms with Gasteiger partial charge in [0, 0.05) is 25.6 Å². The molecule has 1 aliphatic rings. The minimum Gasteiger partial charge on any atom is -0.490 e. The minimum atomic E-state index is -0.867. The number of amides is 1. The van der Waals surface area contributed by atoms with Gasteiger partial charge in [-0.25, -0.2) is 4.79 Å². The Morgan fingerprint density at radius 2 is 2.20 bits per heavy atom. The van der Waals surface area contributed by atoms with Gasteiger partial charge in [-0.1, -0.05) is 6.07 Å². The minimum absolute atomic E-state index is 0.0736. The van der Waals surface area contributed by atoms with E-state index in [1.165, 1.54) is 18.1 Å². The largest absolute Gasteiger partial charge is 0.490 e. The van der Waals surface area contributed by atoms with Crippen molar-refractivity contribution < 1.29 is 19.6 Å². The van der Waals surface area contributed by atoms with Crippen LogP contribution in [0.15, 0.2) is 18.2 Å². The molecule has 1 amide bonds. The van der Waals surface area contributed by atoms with Crippen molar-refractivity contribution in [3.05, 3.63) is 33.9 Å². The first kappa shape index (κ1) is 19.3. The summed E-state index contributed by atoms with van der Waals surface area (Å²) in [5.41, 5.74) is 0.454. The van der Waals surface area contributed by atoms with Gasteiger partial charge in [-0.2, -0.15) is 0 Å². The molecule has 1 aromatic rings. The molecule has 0 saturated carbocycles. The molecule has 8 nitrogen and oxygen atoms in total. The standard InChI is InChI=1S/C16H22ClN3O5/c1-25-14-8-12(2-3-13(14)20(23)24)9-15(17)18-10-11-4-6-19(7-5-11)16(21)22/h2-3,8,11,15,18H,4-7,9-10H2,1H3,(H,21,22). The van der Waals surface area contributed by atoms with Crippen LogP contribution in [0.5, 0.6) is 5.75 Å². The Labute approximate surface area is 150 Å². The SMILES string of the molecule is COc1cc(CC(Cl)NCC2CCN(C(=O)O)CC2)ccc1[N+](=O)[O-]. The quantitative estimate of drug-likeness (QED) is 0.330. The zero-order valence-electron chi connectivity index (χ0n) is 14.0. The van der Waals surface area contributed by atoms with Crippen LogP contribution in [0.3, 0.4) is 0 Å². The molecule has 1 atom stereocenters. The third-order valence-corrected chi connectivity index (χ3v) is 4.68. The summed E-state index contributed by atoms with van der Waals surface area (Å²) in [7, 11) is 1.39. The Hall–Kier alpha value is -2.06. The summed E-state index contributed by atoms with van der Waals surface area (Å²) < 4.78 is 5.06. The normalized spacial score (nSPS) is 16.5. The number of carbonyl (C=O) groups is 1. The maximum Gasteiger partial charge on any atom is 0.407 e. The van der Waals surface area contributed by atoms with Gasteiger partial charge in [0.1, 0.15) is 0 Å². The number of piperidine rings is 1. The number of nitrogens with zero attached hydrogens (tertiary/aromatic N) is 2. The summed E-state index contributed by atoms with van der Waals surface area (Å²) in [6.45, 7) is 1.81. The monoisotopic (exact) mass is 371 g/mol. The molecule has 2 rings (SSSR count). The molecule has 9 heteroatoms. The highest BCUT2D eigenvalue weighted by Gasteiger charge is 2.23. The lowest BCUT2D eigenvalue weighted by Crippen LogP contribution is -2.41. The number of hydrogen-bond donors (Lipinski definition) is 2. The molecular weight excluding hydrogens is 350 g/mol. The summed E-state index contributed by atoms with van der Waals surface area (Å²) in [6, 6.07) is 4.71. The highest BCUT2D eigenvalue weighted by Crippen LogP contribution is 2.28. The second-order valence-electron chi connectivity index (χ2n) is 6.06. The average molecular weight is 372 g/mol. The molecule has 0 aliphatic carbocycles. The number of benzene rings is 1. The molecule has 25 heavy (non-hydrogen) atoms. The molecule has 2 N–H and O–H groups in total. The number of carboxylic acid groups (broad SMARTS) is 1. The van der Waals surface area contributed by atoms with Crippen molar-refractivity contribution >= 4 is 23.4 Å². The number of methoxy groups -OCH3 is 1. The van der Waals surface area contributed by atoms with Crippen LogP contribution < -0.4 is 10.1 Å². The second kappa shape index (κ2) is 8.87. The number of rotatable bonds is 7. The second-order valence-corrected chi connectivity index (χ2v) is 6.58. The van der Waals surface area contributed by atoms with Crippen molar-refractivity contribution in [1.82, 2.24) is 10.2 Å². The fourth-order valence-electron chi connectivity index (χ4n) is 2.90. The molecule has 1 fully saturated rings. The maximum absolute atomic E-state index is 10.9. The van der Waals surface area contributed by atoms with Crippen LogP contribution in [0.25, 0.3) is 0 Å². The van der Waals surface area contributed by atoms with Gasteiger partial charge in [0.25, 0.3) is 0 Å². The number of alkyl halides is 1. The Kier molecular flexibility index (Phi) is 6.83. The van der Waals surface area contributed by atoms with Crippen LogP contribution in [0.2, 0.25) is 0 Å². The Bertz CT molecular complexity index is 620. The van der Waals surface area contributed by atoms with E-state index >= 15 is 0 Å². The van der Waals surface area contributed by atoms with Crippen LogP contribution in [0.4, 0.5) is 10.5 Å². The number of likely N-dealkylation sites (tertiary alicyclic amines) is 1. The van der Waals surface area contributed by atoms with E-state index in [0.717, 1.165) is 18.4 Å². The predicted molar refractivity (Wildman–Crippen MR) is 93.3 cm³/mol. The fraction of sp³-hybridized carbons (Fsp3) is 0.562. The topological polar surface area (TPSA) is 105 Å². The molecule has 1 heterocycles. The van der Waals surface area contributed by atoms with E-state index in [1.807, 2.05) is 0 Å². The van der Waals surface area contributed by atoms with E-state index in [9.17, 15) is 14.9 Å². The number of hydrogen-bond acceptors (Lipinski definition) is 5. The van der Waals surface area contributed by atoms with Gasteiger partial charge in [0.05, 0.1) is 17.5 Å². The Balaban J connectivity index is 1.81. The van der Waals surface area contributed by atoms with Crippen LogP contribution in [0.1, 0.15) is 18.4 Å². The number of nitro groups is 1. The molecule has 0 bridgehead atoms. The molecule has 1 aromatic carbocycles. The van der Waals surface area contributed by atoms with E-state index in [0.29, 0.717) is 32.0 Å². The van der Waals surface area contributed by atoms with E-state index in [2.05, 4.69) is 5.32 Å². The van der Waals surface area contributed by atoms with Crippen molar-refractivity contribution in [2.24, 2.45) is 5.92 Å². The molecule has 0 spiro atoms. The molecule has 0 radical (unpaired) electrons. The lowest BCUT2D eigenvalue weighted by Gasteiger charge is -2.30. The van der Waals surface area contributed by atoms with Gasteiger partial charge in [-0.15, -0.1) is 11.6 Å². The molecule has 138 valence electrons. The highest BCUT2D eigenvalue weighted by atomic mass is 35.5. The van der Waals surface area contributed by atoms with Crippen LogP contribution in [-0.4, -0.2) is 53.3 Å². The molecule has 1 unspecified atom stereocenters. The summed E-state index contributed by atoms with van der Waals surface area (Å²) in [4.78, 5) is 22.7. The molecule has 1 aliphatic heterocycles. The van der Waals surface area contributed by atoms with E-state index in [1.54, 1.807) is 12.1 Å². The van der Waals surface area contributed by atoms with Crippen LogP contribution in [0, 0.1) is 16.0 Å². The van der Waals surface area contributed by atoms with Crippen molar-refractivity contribution in [3.63, 3.8) is 0 Å². The zero-order chi connectivity index (χ0) is 18.4. The lowest BCUT2D eigenvalue weighted by molar-refractivity contribution is -0.385. The fourth-order valence-corrected chi connectivity index (χ4v) is 3.17. The summed E-state index contributed by atoms with van der Waals surface area (Å²) in [5, 5.41) is 23.1. The van der Waals surface area contributed by atoms with Gasteiger partial charge in [0.2, 0.25) is 0 Å². The molecule has 0 aromatic heterocycles. The first-order chi connectivity index (χ1) is 11.9. The Morgan fingerprint density at radius 1 is 1.52 bits per heavy atom. The van der Waals surface area contributed by atoms with Crippen LogP contribution >= 0.6 is 11.6 Å². The van der Waals surface area contributed by atoms with Gasteiger partial charge in [0.15, 0.2) is 5.75 Å². The lowest BCUT2D eigenvalue weighted by atomic mass is 9.97. The third kappa shape index (κ3) is 5.47. The maximum atomic E-state index is 10.9. The van der Waals surface area contributed by atoms with Crippen molar-refractivity contribution in [2.45, 2.75) is 24.8 Å². The summed E-state index contributed by atoms with van der Waals surface area (Å²) in [6.07, 6.45) is 1.26. The Morgan fingerprint density at radius 3 is 2.76 bits per heavy atom. The third-order valence-electron chi connectivity index (χ3n) is 4.37. The molecule has 1 saturated heterocycles. The van der Waals surface area contributed by atoms with E-state index < -0.39 is 11.0 Å².